The van der Waals surface area contributed by atoms with E-state index in [-0.39, 0.29) is 11.3 Å². The number of nitrogens with one attached hydrogen (secondary N) is 1. The standard InChI is InChI=1S/C17H18F3N5O2/c1-26-13-8-11-12(9-14(13)27-2)23-16(17(18,19)20)24-15(11)22-4-3-6-25-7-5-21-10-25/h5,7-10H,3-4,6H2,1-2H3,(H,22,23,24). The summed E-state index contributed by atoms with van der Waals surface area (Å²) in [6, 6.07) is 2.97. The third kappa shape index (κ3) is 4.21. The fourth-order valence-corrected chi connectivity index (χ4v) is 2.60. The number of anilines is 1. The summed E-state index contributed by atoms with van der Waals surface area (Å²) in [6.45, 7) is 1.11. The summed E-state index contributed by atoms with van der Waals surface area (Å²) in [5.74, 6) is -0.434. The second-order valence-electron chi connectivity index (χ2n) is 5.70. The summed E-state index contributed by atoms with van der Waals surface area (Å²) in [6.07, 6.45) is 1.18. The molecular weight excluding hydrogens is 363 g/mol. The van der Waals surface area contributed by atoms with Gasteiger partial charge in [0.2, 0.25) is 5.82 Å². The van der Waals surface area contributed by atoms with E-state index in [1.54, 1.807) is 18.6 Å². The molecule has 144 valence electrons. The van der Waals surface area contributed by atoms with Gasteiger partial charge in [0, 0.05) is 36.9 Å². The van der Waals surface area contributed by atoms with Crippen molar-refractivity contribution in [1.82, 2.24) is 19.5 Å². The summed E-state index contributed by atoms with van der Waals surface area (Å²) in [5, 5.41) is 3.39. The zero-order chi connectivity index (χ0) is 19.4. The molecule has 10 heteroatoms. The monoisotopic (exact) mass is 381 g/mol. The maximum atomic E-state index is 13.2. The zero-order valence-corrected chi connectivity index (χ0v) is 14.7. The Morgan fingerprint density at radius 1 is 1.11 bits per heavy atom. The van der Waals surface area contributed by atoms with E-state index < -0.39 is 12.0 Å². The van der Waals surface area contributed by atoms with Crippen molar-refractivity contribution in [2.24, 2.45) is 0 Å². The van der Waals surface area contributed by atoms with E-state index in [1.807, 2.05) is 10.8 Å². The maximum absolute atomic E-state index is 13.2. The highest BCUT2D eigenvalue weighted by Gasteiger charge is 2.35. The normalized spacial score (nSPS) is 11.6. The Labute approximate surface area is 153 Å². The van der Waals surface area contributed by atoms with Crippen molar-refractivity contribution in [2.75, 3.05) is 26.1 Å². The van der Waals surface area contributed by atoms with Crippen LogP contribution in [0.4, 0.5) is 19.0 Å². The topological polar surface area (TPSA) is 74.1 Å². The first kappa shape index (κ1) is 18.7. The fraction of sp³-hybridized carbons (Fsp3) is 0.353. The van der Waals surface area contributed by atoms with E-state index >= 15 is 0 Å². The molecule has 0 spiro atoms. The molecule has 1 aromatic carbocycles. The molecule has 3 rings (SSSR count). The lowest BCUT2D eigenvalue weighted by atomic mass is 10.2. The van der Waals surface area contributed by atoms with Crippen LogP contribution in [0, 0.1) is 0 Å². The minimum absolute atomic E-state index is 0.0962. The first-order chi connectivity index (χ1) is 12.9. The molecule has 0 saturated heterocycles. The van der Waals surface area contributed by atoms with Crippen molar-refractivity contribution in [3.63, 3.8) is 0 Å². The largest absolute Gasteiger partial charge is 0.493 e. The molecule has 0 atom stereocenters. The molecule has 0 saturated carbocycles. The number of hydrogen-bond donors (Lipinski definition) is 1. The number of alkyl halides is 3. The number of imidazole rings is 1. The lowest BCUT2D eigenvalue weighted by molar-refractivity contribution is -0.144. The minimum atomic E-state index is -4.66. The summed E-state index contributed by atoms with van der Waals surface area (Å²) in [4.78, 5) is 11.3. The Balaban J connectivity index is 1.92. The summed E-state index contributed by atoms with van der Waals surface area (Å²) < 4.78 is 51.8. The minimum Gasteiger partial charge on any atom is -0.493 e. The van der Waals surface area contributed by atoms with Crippen molar-refractivity contribution < 1.29 is 22.6 Å². The van der Waals surface area contributed by atoms with Crippen molar-refractivity contribution in [3.8, 4) is 11.5 Å². The predicted octanol–water partition coefficient (Wildman–Crippen LogP) is 3.36. The maximum Gasteiger partial charge on any atom is 0.451 e. The number of hydrogen-bond acceptors (Lipinski definition) is 6. The van der Waals surface area contributed by atoms with Crippen LogP contribution in [0.1, 0.15) is 12.2 Å². The van der Waals surface area contributed by atoms with Crippen LogP contribution in [0.2, 0.25) is 0 Å². The molecule has 3 aromatic rings. The van der Waals surface area contributed by atoms with Gasteiger partial charge in [0.25, 0.3) is 0 Å². The molecule has 2 heterocycles. The van der Waals surface area contributed by atoms with Gasteiger partial charge in [-0.2, -0.15) is 13.2 Å². The molecule has 0 bridgehead atoms. The van der Waals surface area contributed by atoms with Gasteiger partial charge in [-0.1, -0.05) is 0 Å². The number of fused-ring (bicyclic) bond motifs is 1. The van der Waals surface area contributed by atoms with Crippen LogP contribution < -0.4 is 14.8 Å². The van der Waals surface area contributed by atoms with Gasteiger partial charge in [-0.25, -0.2) is 15.0 Å². The fourth-order valence-electron chi connectivity index (χ4n) is 2.60. The van der Waals surface area contributed by atoms with Gasteiger partial charge in [-0.05, 0) is 12.5 Å². The molecule has 2 aromatic heterocycles. The first-order valence-corrected chi connectivity index (χ1v) is 8.13. The molecule has 1 N–H and O–H groups in total. The Morgan fingerprint density at radius 2 is 1.85 bits per heavy atom. The molecule has 27 heavy (non-hydrogen) atoms. The molecule has 0 aliphatic rings. The van der Waals surface area contributed by atoms with Gasteiger partial charge < -0.3 is 19.4 Å². The van der Waals surface area contributed by atoms with E-state index in [2.05, 4.69) is 20.3 Å². The van der Waals surface area contributed by atoms with E-state index in [0.29, 0.717) is 36.4 Å². The van der Waals surface area contributed by atoms with Crippen molar-refractivity contribution in [3.05, 3.63) is 36.7 Å². The van der Waals surface area contributed by atoms with Gasteiger partial charge in [0.15, 0.2) is 11.5 Å². The highest BCUT2D eigenvalue weighted by atomic mass is 19.4. The van der Waals surface area contributed by atoms with E-state index in [1.165, 1.54) is 20.3 Å². The number of benzene rings is 1. The predicted molar refractivity (Wildman–Crippen MR) is 93.0 cm³/mol. The smallest absolute Gasteiger partial charge is 0.451 e. The number of ether oxygens (including phenoxy) is 2. The van der Waals surface area contributed by atoms with Gasteiger partial charge in [-0.15, -0.1) is 0 Å². The molecule has 7 nitrogen and oxygen atoms in total. The molecule has 0 radical (unpaired) electrons. The summed E-state index contributed by atoms with van der Waals surface area (Å²) in [5.41, 5.74) is 0.118. The summed E-state index contributed by atoms with van der Waals surface area (Å²) in [7, 11) is 2.86. The van der Waals surface area contributed by atoms with Crippen LogP contribution in [0.25, 0.3) is 10.9 Å². The quantitative estimate of drug-likeness (QED) is 0.633. The number of methoxy groups -OCH3 is 2. The van der Waals surface area contributed by atoms with Gasteiger partial charge >= 0.3 is 6.18 Å². The van der Waals surface area contributed by atoms with Gasteiger partial charge in [0.05, 0.1) is 26.1 Å². The van der Waals surface area contributed by atoms with Crippen LogP contribution in [0.15, 0.2) is 30.9 Å². The zero-order valence-electron chi connectivity index (χ0n) is 14.7. The number of aromatic nitrogens is 4. The lowest BCUT2D eigenvalue weighted by Crippen LogP contribution is -2.15. The van der Waals surface area contributed by atoms with Crippen molar-refractivity contribution >= 4 is 16.7 Å². The van der Waals surface area contributed by atoms with Crippen LogP contribution in [-0.2, 0) is 12.7 Å². The average Bonchev–Trinajstić information content (AvgIpc) is 3.16. The average molecular weight is 381 g/mol. The molecule has 0 amide bonds. The van der Waals surface area contributed by atoms with Gasteiger partial charge in [-0.3, -0.25) is 0 Å². The van der Waals surface area contributed by atoms with Crippen LogP contribution in [-0.4, -0.2) is 40.3 Å². The van der Waals surface area contributed by atoms with E-state index in [4.69, 9.17) is 9.47 Å². The Bertz CT molecular complexity index is 913. The Hall–Kier alpha value is -3.04. The van der Waals surface area contributed by atoms with E-state index in [9.17, 15) is 13.2 Å². The molecule has 0 fully saturated rings. The number of rotatable bonds is 7. The van der Waals surface area contributed by atoms with Crippen molar-refractivity contribution in [1.29, 1.82) is 0 Å². The van der Waals surface area contributed by atoms with Gasteiger partial charge in [0.1, 0.15) is 5.82 Å². The second kappa shape index (κ2) is 7.68. The number of aryl methyl sites for hydroxylation is 1. The summed E-state index contributed by atoms with van der Waals surface area (Å²) >= 11 is 0. The SMILES string of the molecule is COc1cc2nc(C(F)(F)F)nc(NCCCn3ccnc3)c2cc1OC. The number of halogens is 3. The van der Waals surface area contributed by atoms with Crippen LogP contribution in [0.5, 0.6) is 11.5 Å². The lowest BCUT2D eigenvalue weighted by Gasteiger charge is -2.15. The first-order valence-electron chi connectivity index (χ1n) is 8.13. The molecule has 0 unspecified atom stereocenters. The molecule has 0 aliphatic carbocycles. The Kier molecular flexibility index (Phi) is 5.33. The molecular formula is C17H18F3N5O2. The Morgan fingerprint density at radius 3 is 2.48 bits per heavy atom. The highest BCUT2D eigenvalue weighted by Crippen LogP contribution is 2.36. The number of nitrogens with zero attached hydrogens (tertiary/aromatic N) is 4. The molecule has 0 aliphatic heterocycles. The third-order valence-electron chi connectivity index (χ3n) is 3.90. The van der Waals surface area contributed by atoms with Crippen LogP contribution in [0.3, 0.4) is 0 Å². The highest BCUT2D eigenvalue weighted by molar-refractivity contribution is 5.91. The second-order valence-corrected chi connectivity index (χ2v) is 5.70. The third-order valence-corrected chi connectivity index (χ3v) is 3.90. The van der Waals surface area contributed by atoms with E-state index in [0.717, 1.165) is 0 Å². The van der Waals surface area contributed by atoms with Crippen molar-refractivity contribution in [2.45, 2.75) is 19.1 Å². The van der Waals surface area contributed by atoms with Crippen LogP contribution >= 0.6 is 0 Å².